The summed E-state index contributed by atoms with van der Waals surface area (Å²) in [5.41, 5.74) is 12.1. The number of fused-ring (bicyclic) bond motifs is 11. The molecule has 0 aliphatic heterocycles. The van der Waals surface area contributed by atoms with Crippen LogP contribution in [0.25, 0.3) is 71.8 Å². The molecule has 2 atom stereocenters. The van der Waals surface area contributed by atoms with Crippen LogP contribution < -0.4 is 0 Å². The Morgan fingerprint density at radius 3 is 2.15 bits per heavy atom. The molecule has 0 N–H and O–H groups in total. The first-order valence-electron chi connectivity index (χ1n) is 13.7. The van der Waals surface area contributed by atoms with Crippen molar-refractivity contribution in [2.75, 3.05) is 0 Å². The second kappa shape index (κ2) is 6.81. The van der Waals surface area contributed by atoms with Gasteiger partial charge in [0.1, 0.15) is 5.82 Å². The lowest BCUT2D eigenvalue weighted by molar-refractivity contribution is 0.644. The summed E-state index contributed by atoms with van der Waals surface area (Å²) in [5.74, 6) is 0.421. The molecule has 0 saturated heterocycles. The smallest absolute Gasteiger partial charge is 0.139 e. The molecule has 0 heterocycles. The molecular formula is C38H21F. The zero-order valence-corrected chi connectivity index (χ0v) is 21.0. The van der Waals surface area contributed by atoms with Crippen LogP contribution in [0.15, 0.2) is 109 Å². The highest BCUT2D eigenvalue weighted by Gasteiger charge is 2.42. The predicted molar refractivity (Wildman–Crippen MR) is 161 cm³/mol. The van der Waals surface area contributed by atoms with E-state index >= 15 is 4.39 Å². The number of benzene rings is 6. The molecule has 1 heteroatoms. The Morgan fingerprint density at radius 2 is 1.31 bits per heavy atom. The van der Waals surface area contributed by atoms with E-state index in [1.54, 1.807) is 0 Å². The number of allylic oxidation sites excluding steroid dienone is 5. The second-order valence-corrected chi connectivity index (χ2v) is 11.3. The standard InChI is InChI=1S/C38H21F/c39-38-23-10-4-3-9-22(23)17-32-27-14-6-13-26-30-18-33-29-16-21-8-2-1-7-20(21)15-28(29)24-11-5-12-25(35(24)33)31(30)19-34(36(26)27)37(32)38/h1-19,25,35H. The second-order valence-electron chi connectivity index (χ2n) is 11.3. The van der Waals surface area contributed by atoms with Crippen molar-refractivity contribution in [1.82, 2.24) is 0 Å². The van der Waals surface area contributed by atoms with Gasteiger partial charge in [0.15, 0.2) is 0 Å². The third kappa shape index (κ3) is 2.36. The summed E-state index contributed by atoms with van der Waals surface area (Å²) in [4.78, 5) is 0. The molecule has 10 rings (SSSR count). The fourth-order valence-corrected chi connectivity index (χ4v) is 7.96. The molecule has 0 saturated carbocycles. The Balaban J connectivity index is 1.31. The molecule has 0 bridgehead atoms. The van der Waals surface area contributed by atoms with Gasteiger partial charge in [0.2, 0.25) is 0 Å². The van der Waals surface area contributed by atoms with Crippen molar-refractivity contribution in [3.05, 3.63) is 137 Å². The van der Waals surface area contributed by atoms with E-state index in [-0.39, 0.29) is 11.7 Å². The van der Waals surface area contributed by atoms with Crippen LogP contribution in [-0.2, 0) is 0 Å². The maximum atomic E-state index is 16.2. The lowest BCUT2D eigenvalue weighted by Crippen LogP contribution is -2.17. The summed E-state index contributed by atoms with van der Waals surface area (Å²) < 4.78 is 16.2. The van der Waals surface area contributed by atoms with E-state index in [9.17, 15) is 0 Å². The molecule has 0 amide bonds. The summed E-state index contributed by atoms with van der Waals surface area (Å²) >= 11 is 0. The van der Waals surface area contributed by atoms with Gasteiger partial charge in [-0.05, 0) is 107 Å². The monoisotopic (exact) mass is 496 g/mol. The van der Waals surface area contributed by atoms with E-state index in [1.165, 1.54) is 54.9 Å². The van der Waals surface area contributed by atoms with Gasteiger partial charge in [-0.1, -0.05) is 85.0 Å². The molecule has 4 aliphatic rings. The zero-order chi connectivity index (χ0) is 25.4. The van der Waals surface area contributed by atoms with Crippen LogP contribution in [0.2, 0.25) is 0 Å². The fourth-order valence-electron chi connectivity index (χ4n) is 7.96. The van der Waals surface area contributed by atoms with Gasteiger partial charge in [-0.3, -0.25) is 0 Å². The summed E-state index contributed by atoms with van der Waals surface area (Å²) in [6, 6.07) is 32.3. The first kappa shape index (κ1) is 20.2. The molecule has 0 aromatic heterocycles. The van der Waals surface area contributed by atoms with Gasteiger partial charge in [-0.2, -0.15) is 0 Å². The van der Waals surface area contributed by atoms with Crippen molar-refractivity contribution in [2.24, 2.45) is 5.92 Å². The largest absolute Gasteiger partial charge is 0.206 e. The van der Waals surface area contributed by atoms with E-state index in [0.29, 0.717) is 11.3 Å². The van der Waals surface area contributed by atoms with Crippen LogP contribution in [0.3, 0.4) is 0 Å². The number of hydrogen-bond donors (Lipinski definition) is 0. The average Bonchev–Trinajstić information content (AvgIpc) is 3.47. The van der Waals surface area contributed by atoms with E-state index < -0.39 is 0 Å². The summed E-state index contributed by atoms with van der Waals surface area (Å²) in [7, 11) is 0. The molecule has 2 unspecified atom stereocenters. The quantitative estimate of drug-likeness (QED) is 0.196. The van der Waals surface area contributed by atoms with Gasteiger partial charge in [0, 0.05) is 22.8 Å². The van der Waals surface area contributed by atoms with E-state index in [0.717, 1.165) is 27.6 Å². The third-order valence-electron chi connectivity index (χ3n) is 9.57. The van der Waals surface area contributed by atoms with Crippen molar-refractivity contribution in [1.29, 1.82) is 0 Å². The minimum Gasteiger partial charge on any atom is -0.206 e. The maximum absolute atomic E-state index is 16.2. The molecule has 0 spiro atoms. The fraction of sp³-hybridized carbons (Fsp3) is 0.0526. The van der Waals surface area contributed by atoms with Crippen molar-refractivity contribution < 1.29 is 4.39 Å². The van der Waals surface area contributed by atoms with Crippen molar-refractivity contribution in [2.45, 2.75) is 5.92 Å². The topological polar surface area (TPSA) is 0 Å². The number of rotatable bonds is 0. The zero-order valence-electron chi connectivity index (χ0n) is 21.0. The van der Waals surface area contributed by atoms with E-state index in [2.05, 4.69) is 91.0 Å². The van der Waals surface area contributed by atoms with E-state index in [1.807, 2.05) is 24.3 Å². The van der Waals surface area contributed by atoms with Crippen LogP contribution in [-0.4, -0.2) is 0 Å². The number of hydrogen-bond acceptors (Lipinski definition) is 0. The minimum atomic E-state index is -0.104. The number of halogens is 1. The van der Waals surface area contributed by atoms with Crippen LogP contribution >= 0.6 is 0 Å². The van der Waals surface area contributed by atoms with Crippen LogP contribution in [0.1, 0.15) is 28.2 Å². The first-order chi connectivity index (χ1) is 19.3. The average molecular weight is 497 g/mol. The predicted octanol–water partition coefficient (Wildman–Crippen LogP) is 10.2. The van der Waals surface area contributed by atoms with Crippen molar-refractivity contribution in [3.63, 3.8) is 0 Å². The normalized spacial score (nSPS) is 19.1. The Morgan fingerprint density at radius 1 is 0.590 bits per heavy atom. The molecule has 180 valence electrons. The lowest BCUT2D eigenvalue weighted by Gasteiger charge is -2.33. The molecule has 6 aromatic carbocycles. The molecule has 0 nitrogen and oxygen atoms in total. The van der Waals surface area contributed by atoms with Crippen LogP contribution in [0.4, 0.5) is 4.39 Å². The first-order valence-corrected chi connectivity index (χ1v) is 13.7. The highest BCUT2D eigenvalue weighted by molar-refractivity contribution is 6.21. The highest BCUT2D eigenvalue weighted by Crippen LogP contribution is 2.60. The summed E-state index contributed by atoms with van der Waals surface area (Å²) in [6.07, 6.45) is 9.35. The molecule has 39 heavy (non-hydrogen) atoms. The van der Waals surface area contributed by atoms with Gasteiger partial charge in [0.05, 0.1) is 0 Å². The van der Waals surface area contributed by atoms with Gasteiger partial charge in [0.25, 0.3) is 0 Å². The van der Waals surface area contributed by atoms with Gasteiger partial charge in [-0.15, -0.1) is 0 Å². The molecular weight excluding hydrogens is 475 g/mol. The van der Waals surface area contributed by atoms with Gasteiger partial charge >= 0.3 is 0 Å². The van der Waals surface area contributed by atoms with Crippen LogP contribution in [0, 0.1) is 11.7 Å². The van der Waals surface area contributed by atoms with Gasteiger partial charge < -0.3 is 0 Å². The molecule has 4 aliphatic carbocycles. The molecule has 6 aromatic rings. The maximum Gasteiger partial charge on any atom is 0.139 e. The minimum absolute atomic E-state index is 0.104. The van der Waals surface area contributed by atoms with Gasteiger partial charge in [-0.25, -0.2) is 4.39 Å². The van der Waals surface area contributed by atoms with E-state index in [4.69, 9.17) is 0 Å². The SMILES string of the molecule is Fc1c2c(cc3ccccc13)-c1cccc3c4c(cc-2c13)C1C=CC=C2c3cc5ccccc5cc3C(=C4)C21. The lowest BCUT2D eigenvalue weighted by atomic mass is 9.70. The molecule has 0 fully saturated rings. The van der Waals surface area contributed by atoms with Crippen molar-refractivity contribution >= 4 is 49.5 Å². The summed E-state index contributed by atoms with van der Waals surface area (Å²) in [6.45, 7) is 0. The van der Waals surface area contributed by atoms with Crippen molar-refractivity contribution in [3.8, 4) is 22.3 Å². The van der Waals surface area contributed by atoms with Crippen LogP contribution in [0.5, 0.6) is 0 Å². The molecule has 0 radical (unpaired) electrons. The highest BCUT2D eigenvalue weighted by atomic mass is 19.1. The summed E-state index contributed by atoms with van der Waals surface area (Å²) in [5, 5.41) is 6.62. The Hall–Kier alpha value is -4.75. The Labute approximate surface area is 225 Å². The Kier molecular flexibility index (Phi) is 3.54. The Bertz CT molecular complexity index is 2240. The third-order valence-corrected chi connectivity index (χ3v) is 9.57.